The quantitative estimate of drug-likeness (QED) is 0.809. The van der Waals surface area contributed by atoms with Crippen molar-refractivity contribution < 1.29 is 8.42 Å². The molecule has 0 saturated heterocycles. The van der Waals surface area contributed by atoms with Gasteiger partial charge in [-0.3, -0.25) is 0 Å². The average molecular weight is 255 g/mol. The minimum atomic E-state index is -3.39. The van der Waals surface area contributed by atoms with E-state index in [-0.39, 0.29) is 11.0 Å². The Morgan fingerprint density at radius 2 is 1.88 bits per heavy atom. The SMILES string of the molecule is CS(=O)(=O)c1nc(N)cc(C2CCCCC2)n1. The highest BCUT2D eigenvalue weighted by molar-refractivity contribution is 7.90. The van der Waals surface area contributed by atoms with Crippen LogP contribution in [0.15, 0.2) is 11.2 Å². The van der Waals surface area contributed by atoms with Crippen molar-refractivity contribution in [2.75, 3.05) is 12.0 Å². The largest absolute Gasteiger partial charge is 0.384 e. The topological polar surface area (TPSA) is 85.9 Å². The monoisotopic (exact) mass is 255 g/mol. The first-order valence-electron chi connectivity index (χ1n) is 5.81. The molecule has 2 N–H and O–H groups in total. The molecule has 94 valence electrons. The minimum absolute atomic E-state index is 0.155. The van der Waals surface area contributed by atoms with E-state index < -0.39 is 9.84 Å². The summed E-state index contributed by atoms with van der Waals surface area (Å²) >= 11 is 0. The summed E-state index contributed by atoms with van der Waals surface area (Å²) in [6.07, 6.45) is 6.80. The third-order valence-corrected chi connectivity index (χ3v) is 3.95. The van der Waals surface area contributed by atoms with Crippen LogP contribution in [0.3, 0.4) is 0 Å². The standard InChI is InChI=1S/C11H17N3O2S/c1-17(15,16)11-13-9(7-10(12)14-11)8-5-3-2-4-6-8/h7-8H,2-6H2,1H3,(H2,12,13,14). The zero-order valence-corrected chi connectivity index (χ0v) is 10.7. The maximum Gasteiger partial charge on any atom is 0.248 e. The van der Waals surface area contributed by atoms with Crippen molar-refractivity contribution in [1.82, 2.24) is 9.97 Å². The third-order valence-electron chi connectivity index (χ3n) is 3.10. The second-order valence-electron chi connectivity index (χ2n) is 4.61. The van der Waals surface area contributed by atoms with Crippen LogP contribution in [-0.4, -0.2) is 24.6 Å². The van der Waals surface area contributed by atoms with E-state index in [1.54, 1.807) is 6.07 Å². The van der Waals surface area contributed by atoms with Crippen molar-refractivity contribution in [1.29, 1.82) is 0 Å². The predicted octanol–water partition coefficient (Wildman–Crippen LogP) is 1.51. The molecule has 0 aromatic carbocycles. The maximum atomic E-state index is 11.4. The van der Waals surface area contributed by atoms with Gasteiger partial charge in [0, 0.05) is 18.2 Å². The van der Waals surface area contributed by atoms with Crippen LogP contribution in [0.5, 0.6) is 0 Å². The second-order valence-corrected chi connectivity index (χ2v) is 6.52. The molecule has 0 bridgehead atoms. The zero-order chi connectivity index (χ0) is 12.5. The molecule has 2 rings (SSSR count). The number of hydrogen-bond donors (Lipinski definition) is 1. The van der Waals surface area contributed by atoms with Gasteiger partial charge in [-0.25, -0.2) is 18.4 Å². The molecular formula is C11H17N3O2S. The summed E-state index contributed by atoms with van der Waals surface area (Å²) in [5, 5.41) is -0.155. The lowest BCUT2D eigenvalue weighted by atomic mass is 9.87. The maximum absolute atomic E-state index is 11.4. The van der Waals surface area contributed by atoms with E-state index in [4.69, 9.17) is 5.73 Å². The van der Waals surface area contributed by atoms with Crippen LogP contribution in [-0.2, 0) is 9.84 Å². The average Bonchev–Trinajstić information content (AvgIpc) is 2.28. The lowest BCUT2D eigenvalue weighted by Crippen LogP contribution is -2.12. The lowest BCUT2D eigenvalue weighted by Gasteiger charge is -2.21. The second kappa shape index (κ2) is 4.60. The van der Waals surface area contributed by atoms with Crippen LogP contribution in [0.25, 0.3) is 0 Å². The number of nitrogens with two attached hydrogens (primary N) is 1. The van der Waals surface area contributed by atoms with Crippen molar-refractivity contribution in [3.8, 4) is 0 Å². The molecule has 0 unspecified atom stereocenters. The van der Waals surface area contributed by atoms with Crippen LogP contribution >= 0.6 is 0 Å². The van der Waals surface area contributed by atoms with E-state index >= 15 is 0 Å². The van der Waals surface area contributed by atoms with Gasteiger partial charge in [-0.05, 0) is 12.8 Å². The molecule has 1 heterocycles. The molecule has 1 aromatic rings. The lowest BCUT2D eigenvalue weighted by molar-refractivity contribution is 0.434. The first-order chi connectivity index (χ1) is 7.97. The number of hydrogen-bond acceptors (Lipinski definition) is 5. The first kappa shape index (κ1) is 12.3. The molecule has 0 spiro atoms. The molecule has 5 nitrogen and oxygen atoms in total. The van der Waals surface area contributed by atoms with Crippen molar-refractivity contribution in [2.24, 2.45) is 0 Å². The summed E-state index contributed by atoms with van der Waals surface area (Å²) in [5.74, 6) is 0.565. The molecule has 0 atom stereocenters. The normalized spacial score (nSPS) is 18.2. The van der Waals surface area contributed by atoms with Crippen LogP contribution in [0, 0.1) is 0 Å². The Labute approximate surface area is 101 Å². The van der Waals surface area contributed by atoms with E-state index in [2.05, 4.69) is 9.97 Å². The number of nitrogens with zero attached hydrogens (tertiary/aromatic N) is 2. The summed E-state index contributed by atoms with van der Waals surface area (Å²) in [6, 6.07) is 1.70. The van der Waals surface area contributed by atoms with Gasteiger partial charge < -0.3 is 5.73 Å². The molecule has 1 saturated carbocycles. The Morgan fingerprint density at radius 1 is 1.24 bits per heavy atom. The smallest absolute Gasteiger partial charge is 0.248 e. The summed E-state index contributed by atoms with van der Waals surface area (Å²) in [5.41, 5.74) is 6.42. The zero-order valence-electron chi connectivity index (χ0n) is 9.89. The summed E-state index contributed by atoms with van der Waals surface area (Å²) in [6.45, 7) is 0. The third kappa shape index (κ3) is 2.94. The number of aromatic nitrogens is 2. The first-order valence-corrected chi connectivity index (χ1v) is 7.70. The van der Waals surface area contributed by atoms with Crippen molar-refractivity contribution in [2.45, 2.75) is 43.2 Å². The molecule has 1 fully saturated rings. The molecule has 0 aliphatic heterocycles. The molecule has 1 aromatic heterocycles. The Hall–Kier alpha value is -1.17. The van der Waals surface area contributed by atoms with Gasteiger partial charge in [0.1, 0.15) is 5.82 Å². The Balaban J connectivity index is 2.37. The number of rotatable bonds is 2. The van der Waals surface area contributed by atoms with E-state index in [0.29, 0.717) is 5.92 Å². The van der Waals surface area contributed by atoms with Crippen LogP contribution in [0.1, 0.15) is 43.7 Å². The number of anilines is 1. The fourth-order valence-electron chi connectivity index (χ4n) is 2.24. The summed E-state index contributed by atoms with van der Waals surface area (Å²) in [7, 11) is -3.39. The van der Waals surface area contributed by atoms with Gasteiger partial charge in [0.05, 0.1) is 5.69 Å². The van der Waals surface area contributed by atoms with Gasteiger partial charge in [-0.2, -0.15) is 0 Å². The highest BCUT2D eigenvalue weighted by atomic mass is 32.2. The molecule has 0 radical (unpaired) electrons. The van der Waals surface area contributed by atoms with Gasteiger partial charge in [-0.15, -0.1) is 0 Å². The van der Waals surface area contributed by atoms with Crippen molar-refractivity contribution in [3.63, 3.8) is 0 Å². The van der Waals surface area contributed by atoms with Gasteiger partial charge in [0.2, 0.25) is 15.0 Å². The molecule has 1 aliphatic carbocycles. The van der Waals surface area contributed by atoms with Gasteiger partial charge >= 0.3 is 0 Å². The molecule has 6 heteroatoms. The van der Waals surface area contributed by atoms with Crippen LogP contribution in [0.4, 0.5) is 5.82 Å². The Bertz CT molecular complexity index is 507. The molecule has 17 heavy (non-hydrogen) atoms. The number of sulfone groups is 1. The fraction of sp³-hybridized carbons (Fsp3) is 0.636. The van der Waals surface area contributed by atoms with Gasteiger partial charge in [0.15, 0.2) is 0 Å². The highest BCUT2D eigenvalue weighted by Crippen LogP contribution is 2.32. The van der Waals surface area contributed by atoms with Gasteiger partial charge in [-0.1, -0.05) is 19.3 Å². The van der Waals surface area contributed by atoms with Crippen LogP contribution < -0.4 is 5.73 Å². The van der Waals surface area contributed by atoms with Crippen molar-refractivity contribution >= 4 is 15.7 Å². The van der Waals surface area contributed by atoms with E-state index in [1.165, 1.54) is 19.3 Å². The Morgan fingerprint density at radius 3 is 2.47 bits per heavy atom. The molecular weight excluding hydrogens is 238 g/mol. The summed E-state index contributed by atoms with van der Waals surface area (Å²) < 4.78 is 22.9. The van der Waals surface area contributed by atoms with E-state index in [1.807, 2.05) is 0 Å². The molecule has 0 amide bonds. The van der Waals surface area contributed by atoms with Gasteiger partial charge in [0.25, 0.3) is 0 Å². The number of nitrogen functional groups attached to an aromatic ring is 1. The highest BCUT2D eigenvalue weighted by Gasteiger charge is 2.20. The van der Waals surface area contributed by atoms with Crippen LogP contribution in [0.2, 0.25) is 0 Å². The van der Waals surface area contributed by atoms with E-state index in [9.17, 15) is 8.42 Å². The summed E-state index contributed by atoms with van der Waals surface area (Å²) in [4.78, 5) is 7.93. The van der Waals surface area contributed by atoms with E-state index in [0.717, 1.165) is 24.8 Å². The Kier molecular flexibility index (Phi) is 3.33. The predicted molar refractivity (Wildman–Crippen MR) is 65.4 cm³/mol. The fourth-order valence-corrected chi connectivity index (χ4v) is 2.78. The molecule has 1 aliphatic rings. The minimum Gasteiger partial charge on any atom is -0.384 e. The van der Waals surface area contributed by atoms with Crippen molar-refractivity contribution in [3.05, 3.63) is 11.8 Å².